The van der Waals surface area contributed by atoms with E-state index in [9.17, 15) is 8.78 Å². The lowest BCUT2D eigenvalue weighted by Gasteiger charge is -1.95. The summed E-state index contributed by atoms with van der Waals surface area (Å²) in [6, 6.07) is 0. The fraction of sp³-hybridized carbons (Fsp3) is 1.00. The van der Waals surface area contributed by atoms with Gasteiger partial charge in [-0.2, -0.15) is 0 Å². The second kappa shape index (κ2) is 2.82. The molecule has 1 aliphatic carbocycles. The number of rotatable bonds is 4. The van der Waals surface area contributed by atoms with Crippen LogP contribution in [-0.2, 0) is 0 Å². The van der Waals surface area contributed by atoms with Crippen molar-refractivity contribution in [2.45, 2.75) is 25.2 Å². The first-order valence-corrected chi connectivity index (χ1v) is 3.82. The minimum Gasteiger partial charge on any atom is -0.349 e. The largest absolute Gasteiger partial charge is 0.349 e. The molecule has 0 aromatic carbocycles. The van der Waals surface area contributed by atoms with Crippen LogP contribution < -0.4 is 5.32 Å². The first-order chi connectivity index (χ1) is 4.67. The smallest absolute Gasteiger partial charge is 0.251 e. The predicted octanol–water partition coefficient (Wildman–Crippen LogP) is 0.615. The van der Waals surface area contributed by atoms with Gasteiger partial charge in [-0.15, -0.1) is 0 Å². The van der Waals surface area contributed by atoms with E-state index in [1.54, 1.807) is 0 Å². The third-order valence-electron chi connectivity index (χ3n) is 2.00. The second-order valence-electron chi connectivity index (χ2n) is 3.00. The summed E-state index contributed by atoms with van der Waals surface area (Å²) in [5.41, 5.74) is 0. The van der Waals surface area contributed by atoms with Crippen molar-refractivity contribution in [2.75, 3.05) is 13.6 Å². The first-order valence-electron chi connectivity index (χ1n) is 3.82. The molecule has 0 saturated heterocycles. The standard InChI is InChI=1S/C7H13F2N/c1-10-4-2-3-6-5-7(6,8)9/h6,10H,2-5H2,1H3/p+1. The first kappa shape index (κ1) is 7.92. The van der Waals surface area contributed by atoms with E-state index in [1.165, 1.54) is 0 Å². The highest BCUT2D eigenvalue weighted by Gasteiger charge is 2.55. The Morgan fingerprint density at radius 3 is 2.60 bits per heavy atom. The molecule has 1 nitrogen and oxygen atoms in total. The molecule has 0 aliphatic heterocycles. The summed E-state index contributed by atoms with van der Waals surface area (Å²) in [6.45, 7) is 0.979. The van der Waals surface area contributed by atoms with E-state index in [0.29, 0.717) is 6.42 Å². The average Bonchev–Trinajstić information content (AvgIpc) is 2.41. The molecular formula is C7H14F2N+. The number of quaternary nitrogens is 1. The third kappa shape index (κ3) is 1.90. The molecule has 2 N–H and O–H groups in total. The highest BCUT2D eigenvalue weighted by molar-refractivity contribution is 4.94. The zero-order valence-electron chi connectivity index (χ0n) is 6.24. The van der Waals surface area contributed by atoms with Crippen molar-refractivity contribution in [3.05, 3.63) is 0 Å². The molecule has 0 aromatic rings. The minimum atomic E-state index is -2.30. The third-order valence-corrected chi connectivity index (χ3v) is 2.00. The number of hydrogen-bond donors (Lipinski definition) is 1. The molecule has 0 radical (unpaired) electrons. The van der Waals surface area contributed by atoms with Crippen LogP contribution in [0.5, 0.6) is 0 Å². The van der Waals surface area contributed by atoms with E-state index in [0.717, 1.165) is 13.0 Å². The van der Waals surface area contributed by atoms with Crippen molar-refractivity contribution < 1.29 is 14.1 Å². The fourth-order valence-electron chi connectivity index (χ4n) is 1.15. The summed E-state index contributed by atoms with van der Waals surface area (Å²) >= 11 is 0. The molecule has 1 rings (SSSR count). The van der Waals surface area contributed by atoms with Crippen LogP contribution in [0.15, 0.2) is 0 Å². The van der Waals surface area contributed by atoms with E-state index < -0.39 is 5.92 Å². The molecule has 60 valence electrons. The highest BCUT2D eigenvalue weighted by atomic mass is 19.3. The van der Waals surface area contributed by atoms with Gasteiger partial charge in [0.1, 0.15) is 0 Å². The molecule has 1 atom stereocenters. The van der Waals surface area contributed by atoms with E-state index in [1.807, 2.05) is 12.4 Å². The van der Waals surface area contributed by atoms with Crippen molar-refractivity contribution in [3.8, 4) is 0 Å². The van der Waals surface area contributed by atoms with Gasteiger partial charge in [-0.1, -0.05) is 0 Å². The molecule has 0 spiro atoms. The Morgan fingerprint density at radius 1 is 1.60 bits per heavy atom. The molecule has 1 fully saturated rings. The monoisotopic (exact) mass is 150 g/mol. The maximum absolute atomic E-state index is 12.2. The maximum Gasteiger partial charge on any atom is 0.251 e. The number of nitrogens with two attached hydrogens (primary N) is 1. The van der Waals surface area contributed by atoms with E-state index >= 15 is 0 Å². The lowest BCUT2D eigenvalue weighted by Crippen LogP contribution is -2.79. The predicted molar refractivity (Wildman–Crippen MR) is 35.0 cm³/mol. The lowest BCUT2D eigenvalue weighted by atomic mass is 10.2. The molecule has 10 heavy (non-hydrogen) atoms. The van der Waals surface area contributed by atoms with Crippen LogP contribution in [0.3, 0.4) is 0 Å². The fourth-order valence-corrected chi connectivity index (χ4v) is 1.15. The molecule has 0 amide bonds. The van der Waals surface area contributed by atoms with Crippen molar-refractivity contribution in [1.29, 1.82) is 0 Å². The Morgan fingerprint density at radius 2 is 2.20 bits per heavy atom. The van der Waals surface area contributed by atoms with Gasteiger partial charge >= 0.3 is 0 Å². The molecule has 0 aromatic heterocycles. The van der Waals surface area contributed by atoms with E-state index in [-0.39, 0.29) is 12.3 Å². The quantitative estimate of drug-likeness (QED) is 0.566. The normalized spacial score (nSPS) is 28.5. The molecule has 0 heterocycles. The Kier molecular flexibility index (Phi) is 2.24. The highest BCUT2D eigenvalue weighted by Crippen LogP contribution is 2.50. The van der Waals surface area contributed by atoms with Crippen molar-refractivity contribution in [1.82, 2.24) is 0 Å². The second-order valence-corrected chi connectivity index (χ2v) is 3.00. The Balaban J connectivity index is 1.97. The number of hydrogen-bond acceptors (Lipinski definition) is 0. The molecular weight excluding hydrogens is 136 g/mol. The van der Waals surface area contributed by atoms with E-state index in [2.05, 4.69) is 0 Å². The van der Waals surface area contributed by atoms with Gasteiger partial charge in [0.25, 0.3) is 5.92 Å². The molecule has 0 bridgehead atoms. The topological polar surface area (TPSA) is 16.6 Å². The Hall–Kier alpha value is -0.180. The van der Waals surface area contributed by atoms with Crippen LogP contribution in [0.25, 0.3) is 0 Å². The van der Waals surface area contributed by atoms with Crippen LogP contribution in [0.1, 0.15) is 19.3 Å². The van der Waals surface area contributed by atoms with Gasteiger partial charge in [0.05, 0.1) is 13.6 Å². The van der Waals surface area contributed by atoms with Crippen LogP contribution in [0.2, 0.25) is 0 Å². The summed E-state index contributed by atoms with van der Waals surface area (Å²) in [5, 5.41) is 2.03. The van der Waals surface area contributed by atoms with Gasteiger partial charge in [-0.25, -0.2) is 8.78 Å². The zero-order chi connectivity index (χ0) is 7.61. The molecule has 3 heteroatoms. The summed E-state index contributed by atoms with van der Waals surface area (Å²) in [4.78, 5) is 0. The summed E-state index contributed by atoms with van der Waals surface area (Å²) in [6.07, 6.45) is 1.77. The minimum absolute atomic E-state index is 0.136. The van der Waals surface area contributed by atoms with Gasteiger partial charge < -0.3 is 5.32 Å². The van der Waals surface area contributed by atoms with Gasteiger partial charge in [-0.3, -0.25) is 0 Å². The van der Waals surface area contributed by atoms with Gasteiger partial charge in [-0.05, 0) is 12.8 Å². The van der Waals surface area contributed by atoms with Crippen molar-refractivity contribution in [3.63, 3.8) is 0 Å². The van der Waals surface area contributed by atoms with Gasteiger partial charge in [0, 0.05) is 12.3 Å². The van der Waals surface area contributed by atoms with Crippen LogP contribution in [0, 0.1) is 5.92 Å². The van der Waals surface area contributed by atoms with Crippen molar-refractivity contribution >= 4 is 0 Å². The average molecular weight is 150 g/mol. The molecule has 1 unspecified atom stereocenters. The SMILES string of the molecule is C[NH2+]CCCC1CC1(F)F. The van der Waals surface area contributed by atoms with Crippen LogP contribution >= 0.6 is 0 Å². The summed E-state index contributed by atoms with van der Waals surface area (Å²) in [5.74, 6) is -2.58. The van der Waals surface area contributed by atoms with E-state index in [4.69, 9.17) is 0 Å². The van der Waals surface area contributed by atoms with Crippen molar-refractivity contribution in [2.24, 2.45) is 5.92 Å². The summed E-state index contributed by atoms with van der Waals surface area (Å²) < 4.78 is 24.4. The maximum atomic E-state index is 12.2. The number of alkyl halides is 2. The Labute approximate surface area is 59.8 Å². The molecule has 1 saturated carbocycles. The lowest BCUT2D eigenvalue weighted by molar-refractivity contribution is -0.627. The van der Waals surface area contributed by atoms with Crippen LogP contribution in [-0.4, -0.2) is 19.5 Å². The van der Waals surface area contributed by atoms with Crippen LogP contribution in [0.4, 0.5) is 8.78 Å². The summed E-state index contributed by atoms with van der Waals surface area (Å²) in [7, 11) is 1.96. The molecule has 1 aliphatic rings. The number of halogens is 2. The Bertz CT molecular complexity index is 114. The van der Waals surface area contributed by atoms with Gasteiger partial charge in [0.15, 0.2) is 0 Å². The zero-order valence-corrected chi connectivity index (χ0v) is 6.24. The van der Waals surface area contributed by atoms with Gasteiger partial charge in [0.2, 0.25) is 0 Å².